The van der Waals surface area contributed by atoms with Crippen molar-refractivity contribution in [3.05, 3.63) is 35.9 Å². The Morgan fingerprint density at radius 2 is 1.82 bits per heavy atom. The van der Waals surface area contributed by atoms with E-state index in [-0.39, 0.29) is 18.9 Å². The normalized spacial score (nSPS) is 16.9. The van der Waals surface area contributed by atoms with Crippen LogP contribution < -0.4 is 34.3 Å². The molecule has 0 bridgehead atoms. The van der Waals surface area contributed by atoms with Crippen molar-refractivity contribution in [2.45, 2.75) is 18.9 Å². The predicted octanol–water partition coefficient (Wildman–Crippen LogP) is 2.82. The minimum absolute atomic E-state index is 0.0247. The summed E-state index contributed by atoms with van der Waals surface area (Å²) in [7, 11) is 4.49. The number of nitrogens with zero attached hydrogens (tertiary/aromatic N) is 1. The van der Waals surface area contributed by atoms with Crippen LogP contribution in [0.5, 0.6) is 28.7 Å². The topological polar surface area (TPSA) is 109 Å². The van der Waals surface area contributed by atoms with Crippen LogP contribution in [-0.4, -0.2) is 59.2 Å². The molecule has 2 aromatic rings. The van der Waals surface area contributed by atoms with Crippen molar-refractivity contribution in [2.24, 2.45) is 4.99 Å². The van der Waals surface area contributed by atoms with Gasteiger partial charge in [-0.2, -0.15) is 0 Å². The number of anilines is 1. The molecule has 1 saturated heterocycles. The van der Waals surface area contributed by atoms with E-state index in [0.717, 1.165) is 19.4 Å². The van der Waals surface area contributed by atoms with E-state index in [1.165, 1.54) is 21.3 Å². The quantitative estimate of drug-likeness (QED) is 0.483. The van der Waals surface area contributed by atoms with Gasteiger partial charge in [-0.25, -0.2) is 4.99 Å². The summed E-state index contributed by atoms with van der Waals surface area (Å²) in [6, 6.07) is 8.56. The molecule has 1 atom stereocenters. The van der Waals surface area contributed by atoms with Crippen molar-refractivity contribution >= 4 is 17.6 Å². The largest absolute Gasteiger partial charge is 0.493 e. The second-order valence-corrected chi connectivity index (χ2v) is 7.39. The van der Waals surface area contributed by atoms with Crippen molar-refractivity contribution in [3.8, 4) is 28.7 Å². The fraction of sp³-hybridized carbons (Fsp3) is 0.391. The number of carbonyl (C=O) groups is 1. The first-order valence-electron chi connectivity index (χ1n) is 10.6. The van der Waals surface area contributed by atoms with Gasteiger partial charge in [0.25, 0.3) is 5.91 Å². The maximum atomic E-state index is 13.1. The predicted molar refractivity (Wildman–Crippen MR) is 121 cm³/mol. The summed E-state index contributed by atoms with van der Waals surface area (Å²) >= 11 is 0. The number of aliphatic imine (C=N–C) groups is 1. The average Bonchev–Trinajstić information content (AvgIpc) is 3.53. The second-order valence-electron chi connectivity index (χ2n) is 7.39. The molecule has 2 heterocycles. The molecule has 4 rings (SSSR count). The van der Waals surface area contributed by atoms with Crippen molar-refractivity contribution in [2.75, 3.05) is 46.6 Å². The molecule has 10 heteroatoms. The van der Waals surface area contributed by atoms with Crippen LogP contribution >= 0.6 is 0 Å². The van der Waals surface area contributed by atoms with E-state index < -0.39 is 5.91 Å². The molecule has 0 spiro atoms. The molecule has 2 aliphatic rings. The zero-order valence-corrected chi connectivity index (χ0v) is 18.8. The van der Waals surface area contributed by atoms with E-state index in [9.17, 15) is 4.79 Å². The highest BCUT2D eigenvalue weighted by atomic mass is 16.7. The fourth-order valence-corrected chi connectivity index (χ4v) is 3.59. The highest BCUT2D eigenvalue weighted by molar-refractivity contribution is 6.10. The first-order chi connectivity index (χ1) is 16.1. The molecule has 0 aromatic heterocycles. The fourth-order valence-electron chi connectivity index (χ4n) is 3.59. The van der Waals surface area contributed by atoms with Crippen LogP contribution in [0.25, 0.3) is 0 Å². The van der Waals surface area contributed by atoms with E-state index in [1.807, 2.05) is 6.07 Å². The minimum Gasteiger partial charge on any atom is -0.493 e. The van der Waals surface area contributed by atoms with Crippen LogP contribution in [0, 0.1) is 0 Å². The monoisotopic (exact) mass is 457 g/mol. The van der Waals surface area contributed by atoms with Gasteiger partial charge in [0.1, 0.15) is 0 Å². The van der Waals surface area contributed by atoms with Crippen molar-refractivity contribution in [1.29, 1.82) is 0 Å². The second kappa shape index (κ2) is 10.3. The number of amides is 1. The Morgan fingerprint density at radius 3 is 2.48 bits per heavy atom. The van der Waals surface area contributed by atoms with Crippen LogP contribution in [0.2, 0.25) is 0 Å². The van der Waals surface area contributed by atoms with Gasteiger partial charge in [-0.15, -0.1) is 0 Å². The van der Waals surface area contributed by atoms with E-state index >= 15 is 0 Å². The summed E-state index contributed by atoms with van der Waals surface area (Å²) in [6.45, 7) is 1.32. The number of hydrogen-bond donors (Lipinski definition) is 2. The number of methoxy groups -OCH3 is 3. The maximum absolute atomic E-state index is 13.1. The van der Waals surface area contributed by atoms with Crippen LogP contribution in [0.15, 0.2) is 35.3 Å². The SMILES string of the molecule is COc1cc(C(=O)NC(=NC[C@H]2CCCO2)Nc2ccc3c(c2)OCO3)cc(OC)c1OC. The smallest absolute Gasteiger partial charge is 0.258 e. The molecule has 1 amide bonds. The van der Waals surface area contributed by atoms with Gasteiger partial charge >= 0.3 is 0 Å². The number of rotatable bonds is 7. The molecular weight excluding hydrogens is 430 g/mol. The summed E-state index contributed by atoms with van der Waals surface area (Å²) < 4.78 is 32.5. The summed E-state index contributed by atoms with van der Waals surface area (Å²) in [5, 5.41) is 5.99. The zero-order chi connectivity index (χ0) is 23.2. The third kappa shape index (κ3) is 5.23. The number of carbonyl (C=O) groups excluding carboxylic acids is 1. The molecular formula is C23H27N3O7. The number of nitrogens with one attached hydrogen (secondary N) is 2. The number of guanidine groups is 1. The zero-order valence-electron chi connectivity index (χ0n) is 18.8. The van der Waals surface area contributed by atoms with Crippen LogP contribution in [0.4, 0.5) is 5.69 Å². The summed E-state index contributed by atoms with van der Waals surface area (Å²) in [4.78, 5) is 17.7. The lowest BCUT2D eigenvalue weighted by atomic mass is 10.1. The molecule has 2 aromatic carbocycles. The maximum Gasteiger partial charge on any atom is 0.258 e. The summed E-state index contributed by atoms with van der Waals surface area (Å²) in [6.07, 6.45) is 1.96. The Morgan fingerprint density at radius 1 is 1.06 bits per heavy atom. The van der Waals surface area contributed by atoms with Gasteiger partial charge in [0.2, 0.25) is 18.5 Å². The third-order valence-electron chi connectivity index (χ3n) is 5.27. The third-order valence-corrected chi connectivity index (χ3v) is 5.27. The Hall–Kier alpha value is -3.66. The standard InChI is InChI=1S/C23H27N3O7/c1-28-19-9-14(10-20(29-2)21(19)30-3)22(27)26-23(24-12-16-5-4-8-31-16)25-15-6-7-17-18(11-15)33-13-32-17/h6-7,9-11,16H,4-5,8,12-13H2,1-3H3,(H2,24,25,26,27)/t16-/m1/s1. The minimum atomic E-state index is -0.395. The Bertz CT molecular complexity index is 1010. The molecule has 2 N–H and O–H groups in total. The van der Waals surface area contributed by atoms with Crippen molar-refractivity contribution in [1.82, 2.24) is 5.32 Å². The van der Waals surface area contributed by atoms with Crippen LogP contribution in [0.3, 0.4) is 0 Å². The molecule has 0 aliphatic carbocycles. The van der Waals surface area contributed by atoms with Crippen LogP contribution in [-0.2, 0) is 4.74 Å². The van der Waals surface area contributed by atoms with Gasteiger partial charge in [-0.1, -0.05) is 0 Å². The number of ether oxygens (including phenoxy) is 6. The summed E-state index contributed by atoms with van der Waals surface area (Å²) in [5.74, 6) is 2.33. The van der Waals surface area contributed by atoms with Gasteiger partial charge in [0.05, 0.1) is 34.0 Å². The Kier molecular flexibility index (Phi) is 7.04. The molecule has 2 aliphatic heterocycles. The Balaban J connectivity index is 1.56. The van der Waals surface area contributed by atoms with Gasteiger partial charge < -0.3 is 33.7 Å². The first-order valence-corrected chi connectivity index (χ1v) is 10.6. The highest BCUT2D eigenvalue weighted by Gasteiger charge is 2.20. The van der Waals surface area contributed by atoms with Gasteiger partial charge in [-0.3, -0.25) is 10.1 Å². The van der Waals surface area contributed by atoms with E-state index in [4.69, 9.17) is 28.4 Å². The molecule has 33 heavy (non-hydrogen) atoms. The summed E-state index contributed by atoms with van der Waals surface area (Å²) in [5.41, 5.74) is 1.01. The van der Waals surface area contributed by atoms with Gasteiger partial charge in [-0.05, 0) is 37.1 Å². The lowest BCUT2D eigenvalue weighted by Gasteiger charge is -2.16. The molecule has 0 saturated carbocycles. The molecule has 0 radical (unpaired) electrons. The van der Waals surface area contributed by atoms with Crippen molar-refractivity contribution < 1.29 is 33.2 Å². The average molecular weight is 457 g/mol. The highest BCUT2D eigenvalue weighted by Crippen LogP contribution is 2.38. The number of hydrogen-bond acceptors (Lipinski definition) is 8. The van der Waals surface area contributed by atoms with Crippen molar-refractivity contribution in [3.63, 3.8) is 0 Å². The van der Waals surface area contributed by atoms with E-state index in [2.05, 4.69) is 15.6 Å². The number of benzene rings is 2. The molecule has 176 valence electrons. The van der Waals surface area contributed by atoms with Crippen LogP contribution in [0.1, 0.15) is 23.2 Å². The van der Waals surface area contributed by atoms with E-state index in [1.54, 1.807) is 24.3 Å². The lowest BCUT2D eigenvalue weighted by molar-refractivity contribution is 0.0974. The molecule has 0 unspecified atom stereocenters. The lowest BCUT2D eigenvalue weighted by Crippen LogP contribution is -2.36. The Labute approximate surface area is 191 Å². The van der Waals surface area contributed by atoms with Gasteiger partial charge in [0, 0.05) is 23.9 Å². The molecule has 10 nitrogen and oxygen atoms in total. The van der Waals surface area contributed by atoms with Gasteiger partial charge in [0.15, 0.2) is 23.0 Å². The first kappa shape index (κ1) is 22.5. The number of fused-ring (bicyclic) bond motifs is 1. The van der Waals surface area contributed by atoms with E-state index in [0.29, 0.717) is 46.5 Å². The molecule has 1 fully saturated rings.